The number of hydrogen-bond acceptors (Lipinski definition) is 3. The average Bonchev–Trinajstić information content (AvgIpc) is 2.52. The zero-order valence-electron chi connectivity index (χ0n) is 13.0. The molecular weight excluding hydrogens is 389 g/mol. The van der Waals surface area contributed by atoms with E-state index in [2.05, 4.69) is 24.0 Å². The van der Waals surface area contributed by atoms with E-state index in [4.69, 9.17) is 4.74 Å². The fourth-order valence-corrected chi connectivity index (χ4v) is 2.03. The van der Waals surface area contributed by atoms with Crippen molar-refractivity contribution < 1.29 is 9.84 Å². The van der Waals surface area contributed by atoms with E-state index < -0.39 is 0 Å². The van der Waals surface area contributed by atoms with Crippen molar-refractivity contribution in [2.24, 2.45) is 4.99 Å². The van der Waals surface area contributed by atoms with Gasteiger partial charge in [0.25, 0.3) is 0 Å². The van der Waals surface area contributed by atoms with Gasteiger partial charge in [-0.05, 0) is 42.7 Å². The monoisotopic (exact) mass is 411 g/mol. The fraction of sp³-hybridized carbons (Fsp3) is 0.278. The molecule has 0 fully saturated rings. The molecule has 0 aromatic heterocycles. The van der Waals surface area contributed by atoms with Gasteiger partial charge >= 0.3 is 0 Å². The van der Waals surface area contributed by atoms with Gasteiger partial charge in [0.1, 0.15) is 11.5 Å². The Morgan fingerprint density at radius 3 is 2.45 bits per heavy atom. The van der Waals surface area contributed by atoms with E-state index in [1.54, 1.807) is 31.5 Å². The highest BCUT2D eigenvalue weighted by Gasteiger charge is 2.00. The predicted molar refractivity (Wildman–Crippen MR) is 102 cm³/mol. The third-order valence-corrected chi connectivity index (χ3v) is 3.35. The van der Waals surface area contributed by atoms with Crippen LogP contribution in [0.2, 0.25) is 0 Å². The van der Waals surface area contributed by atoms with Crippen LogP contribution in [0.1, 0.15) is 30.9 Å². The quantitative estimate of drug-likeness (QED) is 0.530. The highest BCUT2D eigenvalue weighted by atomic mass is 127. The van der Waals surface area contributed by atoms with Crippen LogP contribution in [0.25, 0.3) is 0 Å². The van der Waals surface area contributed by atoms with Crippen LogP contribution in [-0.2, 0) is 6.42 Å². The third-order valence-electron chi connectivity index (χ3n) is 3.35. The first-order chi connectivity index (χ1) is 10.2. The van der Waals surface area contributed by atoms with Crippen molar-refractivity contribution in [3.05, 3.63) is 53.6 Å². The number of phenols is 1. The number of unbranched alkanes of at least 4 members (excludes halogenated alkanes) is 1. The van der Waals surface area contributed by atoms with E-state index in [1.165, 1.54) is 18.4 Å². The molecule has 0 atom stereocenters. The summed E-state index contributed by atoms with van der Waals surface area (Å²) in [5.74, 6) is 0.794. The van der Waals surface area contributed by atoms with E-state index in [1.807, 2.05) is 12.1 Å². The first-order valence-electron chi connectivity index (χ1n) is 7.23. The molecule has 0 amide bonds. The van der Waals surface area contributed by atoms with Gasteiger partial charge in [-0.1, -0.05) is 25.5 Å². The molecule has 0 unspecified atom stereocenters. The van der Waals surface area contributed by atoms with Crippen LogP contribution >= 0.6 is 24.0 Å². The van der Waals surface area contributed by atoms with Crippen molar-refractivity contribution in [3.63, 3.8) is 0 Å². The Labute approximate surface area is 149 Å². The standard InChI is InChI=1S/C18H21NO2.HI/c1-3-4-5-14-6-9-16(10-7-14)19-13-15-8-11-17(21-2)12-18(15)20;/h6-13,20H,3-5H2,1-2H3;1H. The lowest BCUT2D eigenvalue weighted by atomic mass is 10.1. The number of methoxy groups -OCH3 is 1. The molecule has 3 nitrogen and oxygen atoms in total. The van der Waals surface area contributed by atoms with Crippen molar-refractivity contribution in [2.75, 3.05) is 7.11 Å². The fourth-order valence-electron chi connectivity index (χ4n) is 2.03. The van der Waals surface area contributed by atoms with Gasteiger partial charge in [0, 0.05) is 17.8 Å². The number of nitrogens with zero attached hydrogens (tertiary/aromatic N) is 1. The van der Waals surface area contributed by atoms with Gasteiger partial charge in [0.15, 0.2) is 0 Å². The van der Waals surface area contributed by atoms with Crippen molar-refractivity contribution in [1.82, 2.24) is 0 Å². The lowest BCUT2D eigenvalue weighted by Gasteiger charge is -2.03. The third kappa shape index (κ3) is 5.33. The summed E-state index contributed by atoms with van der Waals surface area (Å²) in [6.45, 7) is 2.19. The smallest absolute Gasteiger partial charge is 0.128 e. The molecule has 0 aliphatic carbocycles. The Morgan fingerprint density at radius 2 is 1.86 bits per heavy atom. The first-order valence-corrected chi connectivity index (χ1v) is 7.23. The summed E-state index contributed by atoms with van der Waals surface area (Å²) in [6.07, 6.45) is 5.19. The maximum atomic E-state index is 9.87. The molecule has 0 saturated carbocycles. The Balaban J connectivity index is 0.00000242. The summed E-state index contributed by atoms with van der Waals surface area (Å²) >= 11 is 0. The molecule has 2 aromatic rings. The summed E-state index contributed by atoms with van der Waals surface area (Å²) in [7, 11) is 1.57. The lowest BCUT2D eigenvalue weighted by molar-refractivity contribution is 0.407. The number of phenolic OH excluding ortho intramolecular Hbond substituents is 1. The maximum Gasteiger partial charge on any atom is 0.128 e. The van der Waals surface area contributed by atoms with Crippen molar-refractivity contribution >= 4 is 35.9 Å². The van der Waals surface area contributed by atoms with Crippen molar-refractivity contribution in [1.29, 1.82) is 0 Å². The zero-order chi connectivity index (χ0) is 15.1. The molecule has 0 bridgehead atoms. The van der Waals surface area contributed by atoms with Crippen LogP contribution < -0.4 is 4.74 Å². The van der Waals surface area contributed by atoms with E-state index in [9.17, 15) is 5.11 Å². The van der Waals surface area contributed by atoms with Crippen LogP contribution in [0.4, 0.5) is 5.69 Å². The molecule has 2 aromatic carbocycles. The highest BCUT2D eigenvalue weighted by molar-refractivity contribution is 14.0. The molecule has 0 spiro atoms. The Morgan fingerprint density at radius 1 is 1.14 bits per heavy atom. The molecule has 2 rings (SSSR count). The lowest BCUT2D eigenvalue weighted by Crippen LogP contribution is -1.86. The summed E-state index contributed by atoms with van der Waals surface area (Å²) in [5, 5.41) is 9.87. The van der Waals surface area contributed by atoms with E-state index >= 15 is 0 Å². The molecule has 0 radical (unpaired) electrons. The molecule has 118 valence electrons. The van der Waals surface area contributed by atoms with Crippen molar-refractivity contribution in [3.8, 4) is 11.5 Å². The number of aryl methyl sites for hydroxylation is 1. The highest BCUT2D eigenvalue weighted by Crippen LogP contribution is 2.23. The van der Waals surface area contributed by atoms with Gasteiger partial charge < -0.3 is 9.84 Å². The predicted octanol–water partition coefficient (Wildman–Crippen LogP) is 5.11. The Kier molecular flexibility index (Phi) is 7.95. The minimum atomic E-state index is 0. The maximum absolute atomic E-state index is 9.87. The second kappa shape index (κ2) is 9.46. The average molecular weight is 411 g/mol. The van der Waals surface area contributed by atoms with Crippen LogP contribution in [0.15, 0.2) is 47.5 Å². The van der Waals surface area contributed by atoms with Gasteiger partial charge in [-0.3, -0.25) is 4.99 Å². The van der Waals surface area contributed by atoms with Gasteiger partial charge in [-0.15, -0.1) is 24.0 Å². The van der Waals surface area contributed by atoms with Crippen LogP contribution in [0, 0.1) is 0 Å². The van der Waals surface area contributed by atoms with Gasteiger partial charge in [-0.2, -0.15) is 0 Å². The topological polar surface area (TPSA) is 41.8 Å². The molecule has 4 heteroatoms. The molecule has 0 aliphatic heterocycles. The van der Waals surface area contributed by atoms with Gasteiger partial charge in [0.2, 0.25) is 0 Å². The van der Waals surface area contributed by atoms with Crippen LogP contribution in [0.5, 0.6) is 11.5 Å². The number of halogens is 1. The minimum absolute atomic E-state index is 0. The first kappa shape index (κ1) is 18.5. The molecule has 1 N–H and O–H groups in total. The SMILES string of the molecule is CCCCc1ccc(N=Cc2ccc(OC)cc2O)cc1.I. The molecule has 0 aliphatic rings. The number of aliphatic imine (C=N–C) groups is 1. The van der Waals surface area contributed by atoms with E-state index in [0.29, 0.717) is 11.3 Å². The largest absolute Gasteiger partial charge is 0.507 e. The second-order valence-electron chi connectivity index (χ2n) is 4.95. The van der Waals surface area contributed by atoms with Crippen LogP contribution in [0.3, 0.4) is 0 Å². The van der Waals surface area contributed by atoms with Gasteiger partial charge in [-0.25, -0.2) is 0 Å². The number of aromatic hydroxyl groups is 1. The van der Waals surface area contributed by atoms with Gasteiger partial charge in [0.05, 0.1) is 12.8 Å². The Hall–Kier alpha value is -1.56. The number of rotatable bonds is 6. The molecule has 0 heterocycles. The minimum Gasteiger partial charge on any atom is -0.507 e. The zero-order valence-corrected chi connectivity index (χ0v) is 15.3. The normalized spacial score (nSPS) is 10.5. The second-order valence-corrected chi connectivity index (χ2v) is 4.95. The summed E-state index contributed by atoms with van der Waals surface area (Å²) < 4.78 is 5.05. The molecule has 0 saturated heterocycles. The van der Waals surface area contributed by atoms with E-state index in [-0.39, 0.29) is 29.7 Å². The van der Waals surface area contributed by atoms with E-state index in [0.717, 1.165) is 12.1 Å². The number of hydrogen-bond donors (Lipinski definition) is 1. The summed E-state index contributed by atoms with van der Waals surface area (Å²) in [4.78, 5) is 4.39. The Bertz CT molecular complexity index is 609. The number of ether oxygens (including phenoxy) is 1. The summed E-state index contributed by atoms with van der Waals surface area (Å²) in [5.41, 5.74) is 2.89. The molecule has 22 heavy (non-hydrogen) atoms. The van der Waals surface area contributed by atoms with Crippen LogP contribution in [-0.4, -0.2) is 18.4 Å². The van der Waals surface area contributed by atoms with Crippen molar-refractivity contribution in [2.45, 2.75) is 26.2 Å². The summed E-state index contributed by atoms with van der Waals surface area (Å²) in [6, 6.07) is 13.4. The molecular formula is C18H22INO2. The number of benzene rings is 2.